The van der Waals surface area contributed by atoms with Crippen molar-refractivity contribution in [1.82, 2.24) is 0 Å². The summed E-state index contributed by atoms with van der Waals surface area (Å²) in [6.45, 7) is 13.9. The first-order valence-corrected chi connectivity index (χ1v) is 16.0. The zero-order valence-electron chi connectivity index (χ0n) is 21.1. The van der Waals surface area contributed by atoms with E-state index in [1.54, 1.807) is 7.14 Å². The Morgan fingerprint density at radius 1 is 0.382 bits per heavy atom. The summed E-state index contributed by atoms with van der Waals surface area (Å²) in [5.41, 5.74) is 3.43. The van der Waals surface area contributed by atoms with E-state index in [0.29, 0.717) is 0 Å². The maximum atomic E-state index is 2.33. The van der Waals surface area contributed by atoms with Crippen molar-refractivity contribution in [2.45, 2.75) is 52.4 Å². The van der Waals surface area contributed by atoms with E-state index >= 15 is 0 Å². The van der Waals surface area contributed by atoms with Crippen LogP contribution in [0.5, 0.6) is 0 Å². The fourth-order valence-electron chi connectivity index (χ4n) is 3.49. The van der Waals surface area contributed by atoms with E-state index in [4.69, 9.17) is 0 Å². The third kappa shape index (κ3) is 8.23. The van der Waals surface area contributed by atoms with Crippen molar-refractivity contribution in [3.63, 3.8) is 0 Å². The molecule has 0 aromatic heterocycles. The average Bonchev–Trinajstić information content (AvgIpc) is 2.80. The van der Waals surface area contributed by atoms with E-state index < -0.39 is 0 Å². The van der Waals surface area contributed by atoms with E-state index in [1.165, 1.54) is 18.3 Å². The van der Waals surface area contributed by atoms with Crippen LogP contribution in [-0.4, -0.2) is 0 Å². The van der Waals surface area contributed by atoms with Gasteiger partial charge in [0.15, 0.2) is 14.3 Å². The fraction of sp³-hybridized carbons (Fsp3) is 0.250. The van der Waals surface area contributed by atoms with Gasteiger partial charge in [-0.05, 0) is 47.2 Å². The molecule has 34 heavy (non-hydrogen) atoms. The van der Waals surface area contributed by atoms with Crippen LogP contribution >= 0.6 is 0 Å². The van der Waals surface area contributed by atoms with Crippen molar-refractivity contribution in [2.24, 2.45) is 0 Å². The minimum Gasteiger partial charge on any atom is -0.0619 e. The summed E-state index contributed by atoms with van der Waals surface area (Å²) in [7, 11) is 0. The summed E-state index contributed by atoms with van der Waals surface area (Å²) in [5.74, 6) is 0. The molecule has 0 saturated carbocycles. The van der Waals surface area contributed by atoms with Crippen molar-refractivity contribution in [2.75, 3.05) is 0 Å². The number of rotatable bonds is 4. The molecular formula is C32H36I2+2. The highest BCUT2D eigenvalue weighted by Crippen LogP contribution is 2.23. The lowest BCUT2D eigenvalue weighted by Gasteiger charge is -2.20. The van der Waals surface area contributed by atoms with Crippen LogP contribution in [-0.2, 0) is 10.8 Å². The number of halogens is 2. The van der Waals surface area contributed by atoms with Gasteiger partial charge in [-0.2, -0.15) is 0 Å². The molecule has 4 aromatic rings. The van der Waals surface area contributed by atoms with Gasteiger partial charge in [-0.1, -0.05) is 114 Å². The largest absolute Gasteiger partial charge is 0.358 e. The molecule has 0 atom stereocenters. The second kappa shape index (κ2) is 12.3. The maximum absolute atomic E-state index is 2.33. The monoisotopic (exact) mass is 674 g/mol. The Balaban J connectivity index is 0.000000212. The van der Waals surface area contributed by atoms with Crippen LogP contribution in [0.25, 0.3) is 0 Å². The molecule has 2 heteroatoms. The molecule has 0 fully saturated rings. The lowest BCUT2D eigenvalue weighted by Crippen LogP contribution is -3.62. The molecule has 0 saturated heterocycles. The van der Waals surface area contributed by atoms with Crippen molar-refractivity contribution in [1.29, 1.82) is 0 Å². The first kappa shape index (κ1) is 26.9. The summed E-state index contributed by atoms with van der Waals surface area (Å²) in [4.78, 5) is 0. The molecule has 0 aliphatic heterocycles. The minimum absolute atomic E-state index is 0.0287. The van der Waals surface area contributed by atoms with Crippen LogP contribution in [0.2, 0.25) is 0 Å². The Morgan fingerprint density at radius 3 is 1.06 bits per heavy atom. The molecule has 0 N–H and O–H groups in total. The Labute approximate surface area is 227 Å². The van der Waals surface area contributed by atoms with E-state index in [0.717, 1.165) is 0 Å². The molecule has 0 radical (unpaired) electrons. The predicted octanol–water partition coefficient (Wildman–Crippen LogP) is 2.23. The lowest BCUT2D eigenvalue weighted by atomic mass is 9.87. The quantitative estimate of drug-likeness (QED) is 0.292. The molecular weight excluding hydrogens is 638 g/mol. The Hall–Kier alpha value is -1.66. The predicted molar refractivity (Wildman–Crippen MR) is 138 cm³/mol. The maximum Gasteiger partial charge on any atom is 0.358 e. The third-order valence-corrected chi connectivity index (χ3v) is 11.0. The molecule has 4 aromatic carbocycles. The van der Waals surface area contributed by atoms with Crippen molar-refractivity contribution in [3.05, 3.63) is 135 Å². The van der Waals surface area contributed by atoms with Gasteiger partial charge in [-0.25, -0.2) is 0 Å². The molecule has 0 aliphatic carbocycles. The zero-order valence-corrected chi connectivity index (χ0v) is 25.5. The van der Waals surface area contributed by atoms with E-state index in [-0.39, 0.29) is 53.2 Å². The van der Waals surface area contributed by atoms with Crippen LogP contribution in [0.15, 0.2) is 109 Å². The van der Waals surface area contributed by atoms with Crippen LogP contribution < -0.4 is 42.4 Å². The fourth-order valence-corrected chi connectivity index (χ4v) is 9.72. The Morgan fingerprint density at radius 2 is 0.706 bits per heavy atom. The molecule has 0 heterocycles. The van der Waals surface area contributed by atoms with Gasteiger partial charge in [-0.15, -0.1) is 0 Å². The molecule has 0 spiro atoms. The van der Waals surface area contributed by atoms with Crippen LogP contribution in [0, 0.1) is 14.3 Å². The topological polar surface area (TPSA) is 0 Å². The minimum atomic E-state index is -0.147. The molecule has 4 rings (SSSR count). The summed E-state index contributed by atoms with van der Waals surface area (Å²) in [6.07, 6.45) is 0. The lowest BCUT2D eigenvalue weighted by molar-refractivity contribution is -0.599. The number of hydrogen-bond acceptors (Lipinski definition) is 0. The second-order valence-electron chi connectivity index (χ2n) is 10.2. The van der Waals surface area contributed by atoms with E-state index in [9.17, 15) is 0 Å². The van der Waals surface area contributed by atoms with Crippen LogP contribution in [0.1, 0.15) is 52.7 Å². The molecule has 0 aliphatic rings. The van der Waals surface area contributed by atoms with Crippen LogP contribution in [0.3, 0.4) is 0 Å². The summed E-state index contributed by atoms with van der Waals surface area (Å²) < 4.78 is 6.07. The molecule has 0 unspecified atom stereocenters. The molecule has 176 valence electrons. The zero-order chi connectivity index (χ0) is 24.6. The van der Waals surface area contributed by atoms with E-state index in [2.05, 4.69) is 151 Å². The summed E-state index contributed by atoms with van der Waals surface area (Å²) >= 11 is -0.118. The smallest absolute Gasteiger partial charge is 0.0619 e. The normalized spacial score (nSPS) is 11.5. The standard InChI is InChI=1S/C20H26I.C12H10I/c1-19(2,3)15-11-7-9-13-17(15)21-18-14-10-8-12-16(18)20(4,5)6;1-3-7-11(8-4-1)13-12-9-5-2-6-10-12/h7-14H,1-6H3;1-10H/q2*+1. The van der Waals surface area contributed by atoms with Crippen molar-refractivity contribution >= 4 is 0 Å². The van der Waals surface area contributed by atoms with Gasteiger partial charge in [0.2, 0.25) is 0 Å². The van der Waals surface area contributed by atoms with Gasteiger partial charge in [0, 0.05) is 11.1 Å². The highest BCUT2D eigenvalue weighted by atomic mass is 127. The molecule has 0 bridgehead atoms. The van der Waals surface area contributed by atoms with Crippen molar-refractivity contribution in [3.8, 4) is 0 Å². The number of hydrogen-bond donors (Lipinski definition) is 0. The van der Waals surface area contributed by atoms with Gasteiger partial charge >= 0.3 is 42.4 Å². The number of benzene rings is 4. The summed E-state index contributed by atoms with van der Waals surface area (Å²) in [5, 5.41) is 0. The first-order chi connectivity index (χ1) is 16.1. The van der Waals surface area contributed by atoms with Crippen LogP contribution in [0.4, 0.5) is 0 Å². The molecule has 0 amide bonds. The Kier molecular flexibility index (Phi) is 9.78. The highest BCUT2D eigenvalue weighted by molar-refractivity contribution is 5.24. The van der Waals surface area contributed by atoms with Crippen molar-refractivity contribution < 1.29 is 42.4 Å². The van der Waals surface area contributed by atoms with Gasteiger partial charge in [0.25, 0.3) is 0 Å². The second-order valence-corrected chi connectivity index (χ2v) is 16.1. The van der Waals surface area contributed by atoms with Gasteiger partial charge < -0.3 is 0 Å². The van der Waals surface area contributed by atoms with Gasteiger partial charge in [-0.3, -0.25) is 0 Å². The molecule has 0 nitrogen and oxygen atoms in total. The highest BCUT2D eigenvalue weighted by Gasteiger charge is 2.30. The van der Waals surface area contributed by atoms with Gasteiger partial charge in [0.05, 0.1) is 0 Å². The van der Waals surface area contributed by atoms with E-state index in [1.807, 2.05) is 0 Å². The Bertz CT molecular complexity index is 1060. The SMILES string of the molecule is CC(C)(C)c1ccccc1[I+]c1ccccc1C(C)(C)C.c1ccc([I+]c2ccccc2)cc1. The van der Waals surface area contributed by atoms with Gasteiger partial charge in [0.1, 0.15) is 0 Å². The third-order valence-electron chi connectivity index (χ3n) is 5.25. The summed E-state index contributed by atoms with van der Waals surface area (Å²) in [6, 6.07) is 39.4. The average molecular weight is 674 g/mol. The first-order valence-electron chi connectivity index (χ1n) is 11.7.